The number of Topliss-reactive ketones (excluding diaryl/α,β-unsaturated/α-hetero) is 1. The monoisotopic (exact) mass is 635 g/mol. The Morgan fingerprint density at radius 2 is 1.49 bits per heavy atom. The molecule has 2 unspecified atom stereocenters. The molecule has 16 heteroatoms. The lowest BCUT2D eigenvalue weighted by atomic mass is 10.1. The first-order chi connectivity index (χ1) is 20.3. The number of rotatable bonds is 26. The van der Waals surface area contributed by atoms with Gasteiger partial charge in [0.15, 0.2) is 17.8 Å². The van der Waals surface area contributed by atoms with Gasteiger partial charge in [-0.1, -0.05) is 13.2 Å². The van der Waals surface area contributed by atoms with E-state index in [2.05, 4.69) is 35.7 Å². The quantitative estimate of drug-likeness (QED) is 0.0300. The standard InChI is InChI=1S/C27H46N3O12P/c1-19(2)24(31)8-7-11-30-27(34)41-23(18-40-21(5)28-13-15-39-26(33)20(3)4)17-38-16-22(42-43(35)36)9-10-25(32)29-12-14-37-6/h22-23,28,35-36H,1,3,5,7-18H2,2,4,6H3,(H,29,32)(H,30,34). The highest BCUT2D eigenvalue weighted by Gasteiger charge is 2.20. The summed E-state index contributed by atoms with van der Waals surface area (Å²) in [5, 5.41) is 8.01. The molecule has 0 heterocycles. The van der Waals surface area contributed by atoms with Crippen molar-refractivity contribution in [2.45, 2.75) is 51.7 Å². The van der Waals surface area contributed by atoms with Gasteiger partial charge >= 0.3 is 20.7 Å². The zero-order valence-electron chi connectivity index (χ0n) is 25.2. The Kier molecular flexibility index (Phi) is 22.6. The van der Waals surface area contributed by atoms with Crippen molar-refractivity contribution in [1.82, 2.24) is 16.0 Å². The lowest BCUT2D eigenvalue weighted by Crippen LogP contribution is -2.36. The molecule has 0 aliphatic rings. The van der Waals surface area contributed by atoms with Gasteiger partial charge in [0.05, 0.1) is 32.5 Å². The van der Waals surface area contributed by atoms with Gasteiger partial charge in [-0.05, 0) is 38.8 Å². The van der Waals surface area contributed by atoms with Crippen molar-refractivity contribution in [1.29, 1.82) is 0 Å². The van der Waals surface area contributed by atoms with Crippen molar-refractivity contribution in [2.75, 3.05) is 59.8 Å². The average Bonchev–Trinajstić information content (AvgIpc) is 2.94. The number of carbonyl (C=O) groups is 4. The molecule has 0 bridgehead atoms. The number of methoxy groups -OCH3 is 1. The number of hydrogen-bond donors (Lipinski definition) is 5. The van der Waals surface area contributed by atoms with E-state index in [-0.39, 0.29) is 81.9 Å². The molecule has 0 aromatic carbocycles. The molecule has 0 aliphatic carbocycles. The number of nitrogens with one attached hydrogen (secondary N) is 3. The normalized spacial score (nSPS) is 12.0. The van der Waals surface area contributed by atoms with Crippen LogP contribution in [-0.2, 0) is 42.6 Å². The summed E-state index contributed by atoms with van der Waals surface area (Å²) in [5.74, 6) is -0.792. The fourth-order valence-electron chi connectivity index (χ4n) is 2.97. The Bertz CT molecular complexity index is 916. The lowest BCUT2D eigenvalue weighted by molar-refractivity contribution is -0.138. The van der Waals surface area contributed by atoms with E-state index in [0.29, 0.717) is 25.1 Å². The zero-order chi connectivity index (χ0) is 32.6. The van der Waals surface area contributed by atoms with Crippen molar-refractivity contribution >= 4 is 32.4 Å². The highest BCUT2D eigenvalue weighted by atomic mass is 31.2. The molecule has 0 aliphatic heterocycles. The third-order valence-corrected chi connectivity index (χ3v) is 5.71. The summed E-state index contributed by atoms with van der Waals surface area (Å²) >= 11 is 0. The Balaban J connectivity index is 4.93. The third-order valence-electron chi connectivity index (χ3n) is 5.22. The van der Waals surface area contributed by atoms with E-state index in [0.717, 1.165) is 0 Å². The van der Waals surface area contributed by atoms with Gasteiger partial charge in [-0.25, -0.2) is 9.59 Å². The minimum atomic E-state index is -2.72. The molecule has 0 aromatic heterocycles. The van der Waals surface area contributed by atoms with E-state index in [9.17, 15) is 29.0 Å². The van der Waals surface area contributed by atoms with Crippen molar-refractivity contribution in [3.05, 3.63) is 36.8 Å². The molecule has 0 aromatic rings. The molecule has 0 saturated heterocycles. The van der Waals surface area contributed by atoms with Gasteiger partial charge in [0.25, 0.3) is 0 Å². The molecule has 43 heavy (non-hydrogen) atoms. The van der Waals surface area contributed by atoms with Gasteiger partial charge in [0.1, 0.15) is 13.2 Å². The Morgan fingerprint density at radius 3 is 2.12 bits per heavy atom. The zero-order valence-corrected chi connectivity index (χ0v) is 26.1. The minimum absolute atomic E-state index is 0.0351. The summed E-state index contributed by atoms with van der Waals surface area (Å²) in [4.78, 5) is 66.0. The van der Waals surface area contributed by atoms with Gasteiger partial charge in [0, 0.05) is 38.6 Å². The second kappa shape index (κ2) is 24.4. The van der Waals surface area contributed by atoms with Crippen LogP contribution in [0.5, 0.6) is 0 Å². The van der Waals surface area contributed by atoms with E-state index in [1.54, 1.807) is 6.92 Å². The van der Waals surface area contributed by atoms with Crippen molar-refractivity contribution in [3.8, 4) is 0 Å². The SMILES string of the molecule is C=C(NCCOC(=O)C(=C)C)OCC(COCC(CCC(=O)NCCOC)OP(O)O)OC(=O)NCCCC(=O)C(=C)C. The maximum absolute atomic E-state index is 12.4. The van der Waals surface area contributed by atoms with Crippen LogP contribution in [-0.4, -0.2) is 106 Å². The van der Waals surface area contributed by atoms with Gasteiger partial charge in [0.2, 0.25) is 5.91 Å². The van der Waals surface area contributed by atoms with Crippen molar-refractivity contribution in [3.63, 3.8) is 0 Å². The number of carbonyl (C=O) groups excluding carboxylic acids is 4. The predicted molar refractivity (Wildman–Crippen MR) is 157 cm³/mol. The Morgan fingerprint density at radius 1 is 0.814 bits per heavy atom. The summed E-state index contributed by atoms with van der Waals surface area (Å²) in [7, 11) is -1.21. The van der Waals surface area contributed by atoms with Crippen LogP contribution in [0.15, 0.2) is 36.8 Å². The van der Waals surface area contributed by atoms with E-state index >= 15 is 0 Å². The number of ketones is 1. The van der Waals surface area contributed by atoms with Crippen LogP contribution in [0.1, 0.15) is 39.5 Å². The molecule has 2 amide bonds. The summed E-state index contributed by atoms with van der Waals surface area (Å²) in [5.41, 5.74) is 0.701. The fraction of sp³-hybridized carbons (Fsp3) is 0.630. The molecule has 0 saturated carbocycles. The maximum Gasteiger partial charge on any atom is 0.407 e. The summed E-state index contributed by atoms with van der Waals surface area (Å²) in [6.45, 7) is 14.5. The largest absolute Gasteiger partial charge is 0.476 e. The van der Waals surface area contributed by atoms with E-state index < -0.39 is 32.9 Å². The van der Waals surface area contributed by atoms with Crippen molar-refractivity contribution < 1.29 is 57.2 Å². The van der Waals surface area contributed by atoms with E-state index in [1.165, 1.54) is 14.0 Å². The summed E-state index contributed by atoms with van der Waals surface area (Å²) < 4.78 is 31.4. The molecule has 0 fully saturated rings. The van der Waals surface area contributed by atoms with Crippen LogP contribution in [0.4, 0.5) is 4.79 Å². The molecule has 0 rings (SSSR count). The Hall–Kier alpha value is -3.07. The molecule has 0 radical (unpaired) electrons. The molecule has 15 nitrogen and oxygen atoms in total. The van der Waals surface area contributed by atoms with Crippen LogP contribution < -0.4 is 16.0 Å². The maximum atomic E-state index is 12.4. The fourth-order valence-corrected chi connectivity index (χ4v) is 3.40. The first kappa shape index (κ1) is 39.9. The number of ether oxygens (including phenoxy) is 5. The predicted octanol–water partition coefficient (Wildman–Crippen LogP) is 1.36. The van der Waals surface area contributed by atoms with Crippen LogP contribution in [0.3, 0.4) is 0 Å². The average molecular weight is 636 g/mol. The van der Waals surface area contributed by atoms with Gasteiger partial charge in [-0.3, -0.25) is 9.59 Å². The first-order valence-electron chi connectivity index (χ1n) is 13.5. The smallest absolute Gasteiger partial charge is 0.407 e. The number of allylic oxidation sites excluding steroid dienone is 1. The molecule has 0 spiro atoms. The molecular formula is C27H46N3O12P. The van der Waals surface area contributed by atoms with Crippen LogP contribution in [0, 0.1) is 0 Å². The highest BCUT2D eigenvalue weighted by molar-refractivity contribution is 7.39. The van der Waals surface area contributed by atoms with Crippen LogP contribution in [0.2, 0.25) is 0 Å². The molecule has 2 atom stereocenters. The minimum Gasteiger partial charge on any atom is -0.476 e. The summed E-state index contributed by atoms with van der Waals surface area (Å²) in [6.07, 6.45) is -1.79. The topological polar surface area (TPSA) is 200 Å². The Labute approximate surface area is 253 Å². The van der Waals surface area contributed by atoms with Crippen LogP contribution in [0.25, 0.3) is 0 Å². The van der Waals surface area contributed by atoms with Gasteiger partial charge in [-0.15, -0.1) is 0 Å². The highest BCUT2D eigenvalue weighted by Crippen LogP contribution is 2.28. The van der Waals surface area contributed by atoms with E-state index in [1.807, 2.05) is 0 Å². The summed E-state index contributed by atoms with van der Waals surface area (Å²) in [6, 6.07) is 0. The first-order valence-corrected chi connectivity index (χ1v) is 14.7. The lowest BCUT2D eigenvalue weighted by Gasteiger charge is -2.22. The second-order valence-corrected chi connectivity index (χ2v) is 9.95. The number of amides is 2. The number of esters is 1. The van der Waals surface area contributed by atoms with Crippen LogP contribution >= 0.6 is 8.60 Å². The van der Waals surface area contributed by atoms with Crippen molar-refractivity contribution in [2.24, 2.45) is 0 Å². The third kappa shape index (κ3) is 23.1. The second-order valence-electron chi connectivity index (χ2n) is 9.24. The number of hydrogen-bond acceptors (Lipinski definition) is 13. The molecular weight excluding hydrogens is 589 g/mol. The van der Waals surface area contributed by atoms with Gasteiger partial charge in [-0.2, -0.15) is 0 Å². The molecule has 246 valence electrons. The van der Waals surface area contributed by atoms with Gasteiger partial charge < -0.3 is 53.9 Å². The number of alkyl carbamates (subject to hydrolysis) is 1. The molecule has 5 N–H and O–H groups in total. The van der Waals surface area contributed by atoms with E-state index in [4.69, 9.17) is 28.2 Å².